The number of carbonyl (C=O) groups excluding carboxylic acids is 1. The normalized spacial score (nSPS) is 18.5. The first-order valence-corrected chi connectivity index (χ1v) is 8.63. The topological polar surface area (TPSA) is 93.3 Å². The molecule has 0 saturated carbocycles. The summed E-state index contributed by atoms with van der Waals surface area (Å²) in [7, 11) is 0. The van der Waals surface area contributed by atoms with Crippen LogP contribution in [0.3, 0.4) is 0 Å². The molecule has 1 fully saturated rings. The van der Waals surface area contributed by atoms with Crippen molar-refractivity contribution in [2.75, 3.05) is 19.6 Å². The lowest BCUT2D eigenvalue weighted by Gasteiger charge is -2.35. The number of aryl methyl sites for hydroxylation is 1. The molecular weight excluding hydrogens is 310 g/mol. The molecule has 1 aliphatic rings. The van der Waals surface area contributed by atoms with Crippen LogP contribution in [0.2, 0.25) is 0 Å². The predicted octanol–water partition coefficient (Wildman–Crippen LogP) is 1.79. The Morgan fingerprint density at radius 3 is 2.79 bits per heavy atom. The maximum Gasteiger partial charge on any atom is 0.312 e. The summed E-state index contributed by atoms with van der Waals surface area (Å²) in [6.45, 7) is 7.96. The number of rotatable bonds is 7. The first-order valence-electron chi connectivity index (χ1n) is 8.63. The molecule has 0 spiro atoms. The Morgan fingerprint density at radius 2 is 2.17 bits per heavy atom. The molecule has 2 heterocycles. The molecule has 1 unspecified atom stereocenters. The summed E-state index contributed by atoms with van der Waals surface area (Å²) < 4.78 is 1.40. The maximum absolute atomic E-state index is 12.1. The van der Waals surface area contributed by atoms with Gasteiger partial charge in [-0.2, -0.15) is 5.10 Å². The van der Waals surface area contributed by atoms with Crippen LogP contribution < -0.4 is 5.32 Å². The van der Waals surface area contributed by atoms with E-state index < -0.39 is 4.92 Å². The molecule has 1 N–H and O–H groups in total. The van der Waals surface area contributed by atoms with Gasteiger partial charge in [0, 0.05) is 19.1 Å². The van der Waals surface area contributed by atoms with Gasteiger partial charge in [0.05, 0.1) is 4.92 Å². The van der Waals surface area contributed by atoms with Gasteiger partial charge in [0.15, 0.2) is 0 Å². The number of hydrogen-bond acceptors (Lipinski definition) is 5. The lowest BCUT2D eigenvalue weighted by Crippen LogP contribution is -2.44. The Morgan fingerprint density at radius 1 is 1.42 bits per heavy atom. The van der Waals surface area contributed by atoms with E-state index in [-0.39, 0.29) is 18.1 Å². The lowest BCUT2D eigenvalue weighted by atomic mass is 10.0. The van der Waals surface area contributed by atoms with Crippen molar-refractivity contribution in [2.45, 2.75) is 59.0 Å². The van der Waals surface area contributed by atoms with Crippen LogP contribution in [0.5, 0.6) is 0 Å². The fraction of sp³-hybridized carbons (Fsp3) is 0.750. The van der Waals surface area contributed by atoms with Gasteiger partial charge >= 0.3 is 5.69 Å². The van der Waals surface area contributed by atoms with E-state index in [1.165, 1.54) is 23.9 Å². The summed E-state index contributed by atoms with van der Waals surface area (Å²) in [5.41, 5.74) is 0.737. The summed E-state index contributed by atoms with van der Waals surface area (Å²) in [6.07, 6.45) is 4.89. The molecule has 0 bridgehead atoms. The van der Waals surface area contributed by atoms with E-state index in [1.807, 2.05) is 0 Å². The number of amides is 1. The second kappa shape index (κ2) is 8.23. The molecule has 0 aliphatic carbocycles. The Hall–Kier alpha value is -1.96. The van der Waals surface area contributed by atoms with Crippen molar-refractivity contribution >= 4 is 11.6 Å². The van der Waals surface area contributed by atoms with Gasteiger partial charge in [-0.25, -0.2) is 0 Å². The van der Waals surface area contributed by atoms with Gasteiger partial charge in [-0.15, -0.1) is 0 Å². The molecule has 2 rings (SSSR count). The average Bonchev–Trinajstić information content (AvgIpc) is 2.81. The van der Waals surface area contributed by atoms with Gasteiger partial charge in [0.25, 0.3) is 0 Å². The Balaban J connectivity index is 1.83. The van der Waals surface area contributed by atoms with Crippen molar-refractivity contribution in [3.63, 3.8) is 0 Å². The standard InChI is InChI=1S/C16H27N5O3/c1-4-14-7-5-6-9-19(14)10-8-17-15(22)11-20-13(3)16(21(23)24)12(2)18-20/h14H,4-11H2,1-3H3,(H,17,22). The minimum atomic E-state index is -0.451. The van der Waals surface area contributed by atoms with E-state index >= 15 is 0 Å². The molecule has 8 heteroatoms. The van der Waals surface area contributed by atoms with Crippen molar-refractivity contribution < 1.29 is 9.72 Å². The smallest absolute Gasteiger partial charge is 0.312 e. The molecule has 24 heavy (non-hydrogen) atoms. The highest BCUT2D eigenvalue weighted by Crippen LogP contribution is 2.21. The fourth-order valence-electron chi connectivity index (χ4n) is 3.45. The summed E-state index contributed by atoms with van der Waals surface area (Å²) in [4.78, 5) is 25.1. The first kappa shape index (κ1) is 18.4. The van der Waals surface area contributed by atoms with Crippen LogP contribution in [-0.4, -0.2) is 51.2 Å². The van der Waals surface area contributed by atoms with Gasteiger partial charge in [-0.1, -0.05) is 13.3 Å². The zero-order valence-electron chi connectivity index (χ0n) is 14.7. The molecule has 0 radical (unpaired) electrons. The number of likely N-dealkylation sites (tertiary alicyclic amines) is 1. The van der Waals surface area contributed by atoms with Crippen molar-refractivity contribution in [2.24, 2.45) is 0 Å². The molecule has 134 valence electrons. The van der Waals surface area contributed by atoms with E-state index in [2.05, 4.69) is 22.2 Å². The van der Waals surface area contributed by atoms with Crippen molar-refractivity contribution in [1.29, 1.82) is 0 Å². The average molecular weight is 337 g/mol. The number of hydrogen-bond donors (Lipinski definition) is 1. The SMILES string of the molecule is CCC1CCCCN1CCNC(=O)Cn1nc(C)c([N+](=O)[O-])c1C. The summed E-state index contributed by atoms with van der Waals surface area (Å²) in [6, 6.07) is 0.620. The van der Waals surface area contributed by atoms with E-state index in [1.54, 1.807) is 13.8 Å². The van der Waals surface area contributed by atoms with E-state index in [0.717, 1.165) is 19.5 Å². The molecular formula is C16H27N5O3. The molecule has 1 aromatic rings. The predicted molar refractivity (Wildman–Crippen MR) is 90.9 cm³/mol. The van der Waals surface area contributed by atoms with E-state index in [9.17, 15) is 14.9 Å². The van der Waals surface area contributed by atoms with Crippen molar-refractivity contribution in [3.8, 4) is 0 Å². The van der Waals surface area contributed by atoms with Gasteiger partial charge in [0.2, 0.25) is 5.91 Å². The monoisotopic (exact) mass is 337 g/mol. The summed E-state index contributed by atoms with van der Waals surface area (Å²) in [5.74, 6) is -0.166. The minimum Gasteiger partial charge on any atom is -0.353 e. The zero-order chi connectivity index (χ0) is 17.7. The number of aromatic nitrogens is 2. The highest BCUT2D eigenvalue weighted by Gasteiger charge is 2.23. The van der Waals surface area contributed by atoms with Crippen LogP contribution in [0.25, 0.3) is 0 Å². The van der Waals surface area contributed by atoms with Crippen LogP contribution in [0.1, 0.15) is 44.0 Å². The van der Waals surface area contributed by atoms with E-state index in [4.69, 9.17) is 0 Å². The van der Waals surface area contributed by atoms with E-state index in [0.29, 0.717) is 24.0 Å². The third-order valence-electron chi connectivity index (χ3n) is 4.76. The minimum absolute atomic E-state index is 0.0116. The zero-order valence-corrected chi connectivity index (χ0v) is 14.7. The van der Waals surface area contributed by atoms with Crippen LogP contribution in [0, 0.1) is 24.0 Å². The molecule has 1 saturated heterocycles. The molecule has 1 aliphatic heterocycles. The summed E-state index contributed by atoms with van der Waals surface area (Å²) >= 11 is 0. The van der Waals surface area contributed by atoms with Crippen LogP contribution in [-0.2, 0) is 11.3 Å². The van der Waals surface area contributed by atoms with Gasteiger partial charge in [-0.3, -0.25) is 24.5 Å². The third-order valence-corrected chi connectivity index (χ3v) is 4.76. The van der Waals surface area contributed by atoms with Gasteiger partial charge in [-0.05, 0) is 39.7 Å². The summed E-state index contributed by atoms with van der Waals surface area (Å²) in [5, 5.41) is 18.0. The highest BCUT2D eigenvalue weighted by atomic mass is 16.6. The van der Waals surface area contributed by atoms with Crippen LogP contribution in [0.4, 0.5) is 5.69 Å². The number of piperidine rings is 1. The molecule has 1 amide bonds. The van der Waals surface area contributed by atoms with Crippen molar-refractivity contribution in [3.05, 3.63) is 21.5 Å². The molecule has 1 atom stereocenters. The Kier molecular flexibility index (Phi) is 6.30. The highest BCUT2D eigenvalue weighted by molar-refractivity contribution is 5.75. The fourth-order valence-corrected chi connectivity index (χ4v) is 3.45. The first-order chi connectivity index (χ1) is 11.4. The third kappa shape index (κ3) is 4.31. The van der Waals surface area contributed by atoms with Gasteiger partial charge < -0.3 is 5.32 Å². The van der Waals surface area contributed by atoms with Crippen molar-refractivity contribution in [1.82, 2.24) is 20.0 Å². The second-order valence-electron chi connectivity index (χ2n) is 6.38. The molecule has 1 aromatic heterocycles. The largest absolute Gasteiger partial charge is 0.353 e. The van der Waals surface area contributed by atoms with Crippen LogP contribution >= 0.6 is 0 Å². The van der Waals surface area contributed by atoms with Crippen LogP contribution in [0.15, 0.2) is 0 Å². The maximum atomic E-state index is 12.1. The number of carbonyl (C=O) groups is 1. The Labute approximate surface area is 142 Å². The molecule has 0 aromatic carbocycles. The second-order valence-corrected chi connectivity index (χ2v) is 6.38. The number of nitrogens with zero attached hydrogens (tertiary/aromatic N) is 4. The molecule has 8 nitrogen and oxygen atoms in total. The number of nitrogens with one attached hydrogen (secondary N) is 1. The lowest BCUT2D eigenvalue weighted by molar-refractivity contribution is -0.386. The quantitative estimate of drug-likeness (QED) is 0.605. The Bertz CT molecular complexity index is 599. The van der Waals surface area contributed by atoms with Gasteiger partial charge in [0.1, 0.15) is 17.9 Å². The number of nitro groups is 1.